The number of halogens is 2. The van der Waals surface area contributed by atoms with Crippen molar-refractivity contribution in [2.45, 2.75) is 12.1 Å². The second-order valence-corrected chi connectivity index (χ2v) is 7.94. The van der Waals surface area contributed by atoms with Crippen LogP contribution < -0.4 is 21.9 Å². The molecule has 3 nitrogen and oxygen atoms in total. The Hall–Kier alpha value is -0.530. The Balaban J connectivity index is 0.00000156. The van der Waals surface area contributed by atoms with Gasteiger partial charge in [-0.05, 0) is 53.9 Å². The van der Waals surface area contributed by atoms with E-state index < -0.39 is 5.72 Å². The lowest BCUT2D eigenvalue weighted by atomic mass is 10.1. The maximum atomic E-state index is 11.4. The van der Waals surface area contributed by atoms with Gasteiger partial charge in [0.1, 0.15) is 5.69 Å². The maximum Gasteiger partial charge on any atom is 0.316 e. The number of thiophene rings is 1. The minimum absolute atomic E-state index is 0. The number of anilines is 1. The normalized spacial score (nSPS) is 23.7. The second kappa shape index (κ2) is 6.76. The average molecular weight is 432 g/mol. The first kappa shape index (κ1) is 17.3. The number of hydrogen-bond donors (Lipinski definition) is 1. The van der Waals surface area contributed by atoms with Gasteiger partial charge in [0, 0.05) is 10.8 Å². The molecule has 1 N–H and O–H groups in total. The zero-order chi connectivity index (χ0) is 15.2. The molecule has 0 fully saturated rings. The zero-order valence-electron chi connectivity index (χ0n) is 12.3. The molecule has 0 bridgehead atoms. The molecule has 0 spiro atoms. The van der Waals surface area contributed by atoms with E-state index in [9.17, 15) is 5.11 Å². The standard InChI is InChI=1S/C16H16ClN2OS2.BrH/c17-12-4-6-13(7-5-12)18-11-16(20,14-3-1-9-21-14)19-8-2-10-22-15(18)19;/h1,3-7,9,20H,2,8,10-11H2;1H/q+1;/p-1. The molecule has 1 aromatic carbocycles. The van der Waals surface area contributed by atoms with Gasteiger partial charge in [-0.25, -0.2) is 9.48 Å². The molecule has 122 valence electrons. The summed E-state index contributed by atoms with van der Waals surface area (Å²) in [7, 11) is 0. The van der Waals surface area contributed by atoms with Gasteiger partial charge in [-0.3, -0.25) is 0 Å². The van der Waals surface area contributed by atoms with Crippen LogP contribution in [0.2, 0.25) is 5.02 Å². The molecule has 23 heavy (non-hydrogen) atoms. The first-order valence-corrected chi connectivity index (χ1v) is 9.50. The molecule has 7 heteroatoms. The van der Waals surface area contributed by atoms with Crippen LogP contribution in [0.25, 0.3) is 0 Å². The van der Waals surface area contributed by atoms with Crippen LogP contribution in [0.4, 0.5) is 5.69 Å². The summed E-state index contributed by atoms with van der Waals surface area (Å²) in [6.45, 7) is 1.44. The molecular formula is C16H16BrClN2OS2. The molecule has 1 atom stereocenters. The van der Waals surface area contributed by atoms with Gasteiger partial charge in [-0.1, -0.05) is 17.7 Å². The third-order valence-corrected chi connectivity index (χ3v) is 6.55. The number of amidine groups is 1. The highest BCUT2D eigenvalue weighted by Crippen LogP contribution is 2.39. The van der Waals surface area contributed by atoms with Crippen molar-refractivity contribution in [2.24, 2.45) is 0 Å². The largest absolute Gasteiger partial charge is 1.00 e. The lowest BCUT2D eigenvalue weighted by molar-refractivity contribution is -0.655. The molecule has 2 aliphatic rings. The average Bonchev–Trinajstić information content (AvgIpc) is 3.17. The van der Waals surface area contributed by atoms with E-state index in [-0.39, 0.29) is 17.0 Å². The summed E-state index contributed by atoms with van der Waals surface area (Å²) in [4.78, 5) is 3.21. The highest BCUT2D eigenvalue weighted by molar-refractivity contribution is 8.13. The van der Waals surface area contributed by atoms with E-state index in [1.165, 1.54) is 0 Å². The van der Waals surface area contributed by atoms with Crippen molar-refractivity contribution in [2.75, 3.05) is 23.7 Å². The molecule has 4 rings (SSSR count). The predicted octanol–water partition coefficient (Wildman–Crippen LogP) is 0.576. The predicted molar refractivity (Wildman–Crippen MR) is 94.2 cm³/mol. The Morgan fingerprint density at radius 2 is 2.00 bits per heavy atom. The molecule has 3 heterocycles. The molecule has 0 saturated carbocycles. The molecule has 2 aromatic rings. The fourth-order valence-corrected chi connectivity index (χ4v) is 5.17. The Bertz CT molecular complexity index is 720. The number of aliphatic hydroxyl groups is 1. The summed E-state index contributed by atoms with van der Waals surface area (Å²) in [5, 5.41) is 15.3. The smallest absolute Gasteiger partial charge is 0.316 e. The molecule has 1 unspecified atom stereocenters. The molecule has 1 aromatic heterocycles. The summed E-state index contributed by atoms with van der Waals surface area (Å²) < 4.78 is 2.15. The SMILES string of the molecule is OC1(c2cccs2)CN(c2ccc(Cl)cc2)C2=[N+]1CCCS2.[Br-]. The van der Waals surface area contributed by atoms with Crippen LogP contribution in [-0.4, -0.2) is 33.7 Å². The Morgan fingerprint density at radius 1 is 1.22 bits per heavy atom. The Kier molecular flexibility index (Phi) is 5.09. The summed E-state index contributed by atoms with van der Waals surface area (Å²) in [5.74, 6) is 1.09. The van der Waals surface area contributed by atoms with E-state index in [4.69, 9.17) is 11.6 Å². The quantitative estimate of drug-likeness (QED) is 0.705. The van der Waals surface area contributed by atoms with E-state index in [1.807, 2.05) is 53.5 Å². The van der Waals surface area contributed by atoms with Crippen molar-refractivity contribution in [1.82, 2.24) is 0 Å². The lowest BCUT2D eigenvalue weighted by Gasteiger charge is -2.22. The van der Waals surface area contributed by atoms with Gasteiger partial charge in [-0.2, -0.15) is 0 Å². The minimum Gasteiger partial charge on any atom is -1.00 e. The first-order chi connectivity index (χ1) is 10.7. The summed E-state index contributed by atoms with van der Waals surface area (Å²) in [6, 6.07) is 11.9. The maximum absolute atomic E-state index is 11.4. The van der Waals surface area contributed by atoms with Crippen molar-refractivity contribution in [3.8, 4) is 0 Å². The van der Waals surface area contributed by atoms with Crippen molar-refractivity contribution < 1.29 is 26.7 Å². The van der Waals surface area contributed by atoms with E-state index in [2.05, 4.69) is 9.48 Å². The van der Waals surface area contributed by atoms with Gasteiger partial charge in [0.25, 0.3) is 5.72 Å². The zero-order valence-corrected chi connectivity index (χ0v) is 16.3. The molecular weight excluding hydrogens is 416 g/mol. The number of nitrogens with zero attached hydrogens (tertiary/aromatic N) is 2. The number of rotatable bonds is 2. The fourth-order valence-electron chi connectivity index (χ4n) is 3.04. The summed E-state index contributed by atoms with van der Waals surface area (Å²) in [5.41, 5.74) is 0.141. The van der Waals surface area contributed by atoms with Gasteiger partial charge in [0.15, 0.2) is 6.54 Å². The third kappa shape index (κ3) is 2.96. The van der Waals surface area contributed by atoms with Crippen molar-refractivity contribution >= 4 is 45.6 Å². The number of benzene rings is 1. The van der Waals surface area contributed by atoms with Crippen LogP contribution in [0.15, 0.2) is 41.8 Å². The van der Waals surface area contributed by atoms with E-state index >= 15 is 0 Å². The lowest BCUT2D eigenvalue weighted by Crippen LogP contribution is -3.00. The van der Waals surface area contributed by atoms with E-state index in [0.29, 0.717) is 6.54 Å². The first-order valence-electron chi connectivity index (χ1n) is 7.25. The van der Waals surface area contributed by atoms with Crippen LogP contribution >= 0.6 is 34.7 Å². The van der Waals surface area contributed by atoms with Gasteiger partial charge in [0.2, 0.25) is 0 Å². The summed E-state index contributed by atoms with van der Waals surface area (Å²) >= 11 is 9.44. The van der Waals surface area contributed by atoms with Gasteiger partial charge < -0.3 is 22.1 Å². The molecule has 0 saturated heterocycles. The van der Waals surface area contributed by atoms with Gasteiger partial charge >= 0.3 is 5.17 Å². The Morgan fingerprint density at radius 3 is 2.70 bits per heavy atom. The van der Waals surface area contributed by atoms with Crippen LogP contribution in [0.5, 0.6) is 0 Å². The van der Waals surface area contributed by atoms with Crippen LogP contribution in [0, 0.1) is 0 Å². The van der Waals surface area contributed by atoms with Gasteiger partial charge in [-0.15, -0.1) is 11.3 Å². The van der Waals surface area contributed by atoms with E-state index in [1.54, 1.807) is 11.3 Å². The van der Waals surface area contributed by atoms with Crippen LogP contribution in [0.1, 0.15) is 11.3 Å². The third-order valence-electron chi connectivity index (χ3n) is 4.10. The molecule has 0 amide bonds. The van der Waals surface area contributed by atoms with Crippen molar-refractivity contribution in [3.63, 3.8) is 0 Å². The minimum atomic E-state index is -0.934. The van der Waals surface area contributed by atoms with Crippen LogP contribution in [-0.2, 0) is 5.72 Å². The van der Waals surface area contributed by atoms with Crippen LogP contribution in [0.3, 0.4) is 0 Å². The number of thioether (sulfide) groups is 1. The Labute approximate surface area is 159 Å². The molecule has 0 radical (unpaired) electrons. The fraction of sp³-hybridized carbons (Fsp3) is 0.312. The van der Waals surface area contributed by atoms with Gasteiger partial charge in [0.05, 0.1) is 11.4 Å². The van der Waals surface area contributed by atoms with E-state index in [0.717, 1.165) is 39.5 Å². The second-order valence-electron chi connectivity index (χ2n) is 5.49. The monoisotopic (exact) mass is 430 g/mol. The van der Waals surface area contributed by atoms with Crippen molar-refractivity contribution in [3.05, 3.63) is 51.7 Å². The molecule has 0 aliphatic carbocycles. The van der Waals surface area contributed by atoms with Crippen molar-refractivity contribution in [1.29, 1.82) is 0 Å². The topological polar surface area (TPSA) is 26.5 Å². The number of β-amino-alcohol motifs (C(OH)–C–C–N with tert-alkyl or cyclic N) is 1. The summed E-state index contributed by atoms with van der Waals surface area (Å²) in [6.07, 6.45) is 1.09. The molecule has 2 aliphatic heterocycles. The highest BCUT2D eigenvalue weighted by Gasteiger charge is 2.53. The highest BCUT2D eigenvalue weighted by atomic mass is 79.9. The number of hydrogen-bond acceptors (Lipinski definition) is 4.